The molecule has 0 aromatic heterocycles. The molecule has 0 spiro atoms. The topological polar surface area (TPSA) is 49.3 Å². The number of fused-ring (bicyclic) bond motifs is 2. The van der Waals surface area contributed by atoms with Gasteiger partial charge in [0, 0.05) is 17.4 Å². The number of hydrogen-bond donors (Lipinski definition) is 2. The van der Waals surface area contributed by atoms with Crippen LogP contribution in [0, 0.1) is 23.7 Å². The molecule has 4 atom stereocenters. The molecule has 1 saturated carbocycles. The minimum absolute atomic E-state index is 0.263. The van der Waals surface area contributed by atoms with Crippen molar-refractivity contribution >= 4 is 21.9 Å². The van der Waals surface area contributed by atoms with Crippen molar-refractivity contribution in [1.29, 1.82) is 0 Å². The normalized spacial score (nSPS) is 27.4. The van der Waals surface area contributed by atoms with Gasteiger partial charge in [0.1, 0.15) is 0 Å². The Morgan fingerprint density at radius 1 is 1.24 bits per heavy atom. The Labute approximate surface area is 158 Å². The van der Waals surface area contributed by atoms with E-state index in [1.165, 1.54) is 12.0 Å². The van der Waals surface area contributed by atoms with Crippen LogP contribution in [0.1, 0.15) is 31.2 Å². The first-order valence-electron chi connectivity index (χ1n) is 9.15. The van der Waals surface area contributed by atoms with Crippen molar-refractivity contribution in [2.24, 2.45) is 23.7 Å². The smallest absolute Gasteiger partial charge is 0.303 e. The third-order valence-corrected chi connectivity index (χ3v) is 5.96. The molecule has 0 saturated heterocycles. The molecule has 1 aromatic carbocycles. The van der Waals surface area contributed by atoms with E-state index in [2.05, 4.69) is 69.8 Å². The van der Waals surface area contributed by atoms with Gasteiger partial charge >= 0.3 is 5.97 Å². The average molecular weight is 404 g/mol. The maximum Gasteiger partial charge on any atom is 0.303 e. The number of hydrogen-bond acceptors (Lipinski definition) is 2. The monoisotopic (exact) mass is 403 g/mol. The van der Waals surface area contributed by atoms with Crippen molar-refractivity contribution in [1.82, 2.24) is 5.32 Å². The number of carboxylic acid groups (broad SMARTS) is 1. The molecule has 0 unspecified atom stereocenters. The van der Waals surface area contributed by atoms with Gasteiger partial charge in [0.25, 0.3) is 0 Å². The number of unbranched alkanes of at least 4 members (excludes halogenated alkanes) is 1. The SMILES string of the molecule is O=C(O)CCC/C=C\[C@H]1[C@H](CNCc2ccc(Br)cc2)[C@@H]2C=C[C@H]1C2. The highest BCUT2D eigenvalue weighted by atomic mass is 79.9. The third-order valence-electron chi connectivity index (χ3n) is 5.43. The molecule has 2 N–H and O–H groups in total. The summed E-state index contributed by atoms with van der Waals surface area (Å²) < 4.78 is 1.11. The van der Waals surface area contributed by atoms with E-state index in [1.807, 2.05) is 0 Å². The maximum absolute atomic E-state index is 10.6. The number of aliphatic carboxylic acids is 1. The molecular weight excluding hydrogens is 378 g/mol. The van der Waals surface area contributed by atoms with Gasteiger partial charge in [0.05, 0.1) is 0 Å². The number of halogens is 1. The van der Waals surface area contributed by atoms with Gasteiger partial charge in [0.2, 0.25) is 0 Å². The molecule has 25 heavy (non-hydrogen) atoms. The number of nitrogens with one attached hydrogen (secondary N) is 1. The number of carbonyl (C=O) groups is 1. The zero-order valence-corrected chi connectivity index (χ0v) is 16.0. The van der Waals surface area contributed by atoms with Gasteiger partial charge in [-0.2, -0.15) is 0 Å². The van der Waals surface area contributed by atoms with Crippen LogP contribution in [0.25, 0.3) is 0 Å². The van der Waals surface area contributed by atoms with Crippen molar-refractivity contribution in [2.75, 3.05) is 6.54 Å². The van der Waals surface area contributed by atoms with E-state index in [1.54, 1.807) is 0 Å². The van der Waals surface area contributed by atoms with Gasteiger partial charge in [-0.1, -0.05) is 52.4 Å². The zero-order valence-electron chi connectivity index (χ0n) is 14.4. The van der Waals surface area contributed by atoms with Crippen molar-refractivity contribution in [3.05, 3.63) is 58.6 Å². The molecule has 2 aliphatic rings. The Kier molecular flexibility index (Phi) is 6.49. The summed E-state index contributed by atoms with van der Waals surface area (Å²) in [5.74, 6) is 1.90. The Morgan fingerprint density at radius 3 is 2.76 bits per heavy atom. The molecule has 1 fully saturated rings. The second kappa shape index (κ2) is 8.81. The summed E-state index contributed by atoms with van der Waals surface area (Å²) in [6.07, 6.45) is 12.4. The minimum Gasteiger partial charge on any atom is -0.481 e. The van der Waals surface area contributed by atoms with Crippen LogP contribution >= 0.6 is 15.9 Å². The third kappa shape index (κ3) is 5.05. The number of rotatable bonds is 9. The highest BCUT2D eigenvalue weighted by molar-refractivity contribution is 9.10. The second-order valence-corrected chi connectivity index (χ2v) is 8.08. The summed E-state index contributed by atoms with van der Waals surface area (Å²) in [5.41, 5.74) is 1.31. The van der Waals surface area contributed by atoms with Crippen LogP contribution in [0.2, 0.25) is 0 Å². The molecule has 1 aromatic rings. The van der Waals surface area contributed by atoms with Gasteiger partial charge in [-0.3, -0.25) is 4.79 Å². The van der Waals surface area contributed by atoms with Gasteiger partial charge in [0.15, 0.2) is 0 Å². The molecular formula is C21H26BrNO2. The van der Waals surface area contributed by atoms with E-state index >= 15 is 0 Å². The van der Waals surface area contributed by atoms with Gasteiger partial charge in [-0.05, 0) is 67.2 Å². The fourth-order valence-electron chi connectivity index (χ4n) is 4.15. The van der Waals surface area contributed by atoms with Crippen LogP contribution in [0.3, 0.4) is 0 Å². The Balaban J connectivity index is 1.48. The standard InChI is InChI=1S/C21H26BrNO2/c22-18-10-6-15(7-11-18)13-23-14-20-17-9-8-16(12-17)19(20)4-2-1-3-5-21(24)25/h2,4,6-11,16-17,19-20,23H,1,3,5,12-14H2,(H,24,25)/b4-2-/t16-,17+,19+,20+/m0/s1. The molecule has 0 radical (unpaired) electrons. The molecule has 3 nitrogen and oxygen atoms in total. The minimum atomic E-state index is -0.703. The predicted molar refractivity (Wildman–Crippen MR) is 104 cm³/mol. The van der Waals surface area contributed by atoms with Gasteiger partial charge < -0.3 is 10.4 Å². The molecule has 134 valence electrons. The predicted octanol–water partition coefficient (Wildman–Crippen LogP) is 4.79. The lowest BCUT2D eigenvalue weighted by molar-refractivity contribution is -0.137. The fraction of sp³-hybridized carbons (Fsp3) is 0.476. The number of allylic oxidation sites excluding steroid dienone is 4. The summed E-state index contributed by atoms with van der Waals surface area (Å²) >= 11 is 3.47. The molecule has 3 rings (SSSR count). The van der Waals surface area contributed by atoms with Crippen LogP contribution in [0.5, 0.6) is 0 Å². The highest BCUT2D eigenvalue weighted by Crippen LogP contribution is 2.48. The first-order valence-corrected chi connectivity index (χ1v) is 9.94. The lowest BCUT2D eigenvalue weighted by Crippen LogP contribution is -2.30. The second-order valence-electron chi connectivity index (χ2n) is 7.16. The van der Waals surface area contributed by atoms with Crippen LogP contribution in [-0.4, -0.2) is 17.6 Å². The molecule has 2 aliphatic carbocycles. The first kappa shape index (κ1) is 18.4. The fourth-order valence-corrected chi connectivity index (χ4v) is 4.41. The van der Waals surface area contributed by atoms with Crippen LogP contribution in [-0.2, 0) is 11.3 Å². The van der Waals surface area contributed by atoms with E-state index in [9.17, 15) is 4.79 Å². The largest absolute Gasteiger partial charge is 0.481 e. The summed E-state index contributed by atoms with van der Waals surface area (Å²) in [6, 6.07) is 8.47. The van der Waals surface area contributed by atoms with Gasteiger partial charge in [-0.25, -0.2) is 0 Å². The van der Waals surface area contributed by atoms with E-state index in [-0.39, 0.29) is 6.42 Å². The summed E-state index contributed by atoms with van der Waals surface area (Å²) in [7, 11) is 0. The van der Waals surface area contributed by atoms with Crippen molar-refractivity contribution < 1.29 is 9.90 Å². The first-order chi connectivity index (χ1) is 12.1. The molecule has 2 bridgehead atoms. The molecule has 4 heteroatoms. The summed E-state index contributed by atoms with van der Waals surface area (Å²) in [6.45, 7) is 1.94. The number of carboxylic acids is 1. The summed E-state index contributed by atoms with van der Waals surface area (Å²) in [4.78, 5) is 10.6. The van der Waals surface area contributed by atoms with Gasteiger partial charge in [-0.15, -0.1) is 0 Å². The molecule has 0 heterocycles. The number of benzene rings is 1. The lowest BCUT2D eigenvalue weighted by atomic mass is 9.82. The van der Waals surface area contributed by atoms with E-state index in [4.69, 9.17) is 5.11 Å². The maximum atomic E-state index is 10.6. The van der Waals surface area contributed by atoms with Crippen molar-refractivity contribution in [2.45, 2.75) is 32.2 Å². The van der Waals surface area contributed by atoms with E-state index < -0.39 is 5.97 Å². The van der Waals surface area contributed by atoms with Crippen LogP contribution < -0.4 is 5.32 Å². The average Bonchev–Trinajstić information content (AvgIpc) is 3.18. The van der Waals surface area contributed by atoms with Crippen molar-refractivity contribution in [3.8, 4) is 0 Å². The quantitative estimate of drug-likeness (QED) is 0.460. The summed E-state index contributed by atoms with van der Waals surface area (Å²) in [5, 5.41) is 12.3. The Hall–Kier alpha value is -1.39. The van der Waals surface area contributed by atoms with Crippen molar-refractivity contribution in [3.63, 3.8) is 0 Å². The van der Waals surface area contributed by atoms with E-state index in [0.717, 1.165) is 30.4 Å². The highest BCUT2D eigenvalue weighted by Gasteiger charge is 2.42. The van der Waals surface area contributed by atoms with E-state index in [0.29, 0.717) is 23.7 Å². The lowest BCUT2D eigenvalue weighted by Gasteiger charge is -2.26. The molecule has 0 amide bonds. The Bertz CT molecular complexity index is 638. The Morgan fingerprint density at radius 2 is 2.00 bits per heavy atom. The zero-order chi connectivity index (χ0) is 17.6. The van der Waals surface area contributed by atoms with Crippen LogP contribution in [0.4, 0.5) is 0 Å². The molecule has 0 aliphatic heterocycles. The van der Waals surface area contributed by atoms with Crippen LogP contribution in [0.15, 0.2) is 53.0 Å².